The molecule has 0 aliphatic rings. The summed E-state index contributed by atoms with van der Waals surface area (Å²) < 4.78 is 11.3. The number of carbonyl (C=O) groups excluding carboxylic acids is 2. The first-order valence-corrected chi connectivity index (χ1v) is 10.8. The van der Waals surface area contributed by atoms with Gasteiger partial charge in [0.2, 0.25) is 0 Å². The topological polar surface area (TPSA) is 76.7 Å². The lowest BCUT2D eigenvalue weighted by Gasteiger charge is -2.10. The number of ether oxygens (including phenoxy) is 2. The first kappa shape index (κ1) is 22.9. The van der Waals surface area contributed by atoms with E-state index in [1.165, 1.54) is 0 Å². The summed E-state index contributed by atoms with van der Waals surface area (Å²) in [6, 6.07) is 23.3. The Bertz CT molecular complexity index is 1000. The van der Waals surface area contributed by atoms with Gasteiger partial charge in [-0.1, -0.05) is 37.6 Å². The van der Waals surface area contributed by atoms with Gasteiger partial charge in [0, 0.05) is 23.4 Å². The molecule has 3 aromatic carbocycles. The van der Waals surface area contributed by atoms with E-state index in [0.29, 0.717) is 42.3 Å². The van der Waals surface area contributed by atoms with Crippen LogP contribution < -0.4 is 20.1 Å². The Labute approximate surface area is 188 Å². The molecule has 32 heavy (non-hydrogen) atoms. The predicted octanol–water partition coefficient (Wildman–Crippen LogP) is 4.93. The Morgan fingerprint density at radius 2 is 1.44 bits per heavy atom. The normalized spacial score (nSPS) is 10.3. The number of anilines is 1. The van der Waals surface area contributed by atoms with Crippen molar-refractivity contribution >= 4 is 17.5 Å². The Balaban J connectivity index is 1.48. The third kappa shape index (κ3) is 7.16. The molecule has 0 unspecified atom stereocenters. The summed E-state index contributed by atoms with van der Waals surface area (Å²) in [6.07, 6.45) is 1.95. The minimum absolute atomic E-state index is 0.146. The molecule has 0 atom stereocenters. The fraction of sp³-hybridized carbons (Fsp3) is 0.231. The molecule has 0 saturated carbocycles. The van der Waals surface area contributed by atoms with E-state index < -0.39 is 0 Å². The fourth-order valence-electron chi connectivity index (χ4n) is 2.96. The molecule has 0 aliphatic heterocycles. The van der Waals surface area contributed by atoms with E-state index in [0.717, 1.165) is 18.6 Å². The number of hydrogen-bond donors (Lipinski definition) is 2. The van der Waals surface area contributed by atoms with Crippen LogP contribution in [0.3, 0.4) is 0 Å². The molecule has 0 spiro atoms. The first-order chi connectivity index (χ1) is 15.7. The molecule has 6 heteroatoms. The molecule has 0 aliphatic carbocycles. The number of hydrogen-bond acceptors (Lipinski definition) is 4. The maximum atomic E-state index is 12.6. The van der Waals surface area contributed by atoms with Crippen LogP contribution in [0.4, 0.5) is 5.69 Å². The molecule has 0 bridgehead atoms. The number of unbranched alkanes of at least 4 members (excludes halogenated alkanes) is 1. The largest absolute Gasteiger partial charge is 0.490 e. The van der Waals surface area contributed by atoms with Gasteiger partial charge < -0.3 is 20.1 Å². The van der Waals surface area contributed by atoms with Crippen LogP contribution in [0.5, 0.6) is 11.5 Å². The molecule has 3 aromatic rings. The smallest absolute Gasteiger partial charge is 0.255 e. The molecule has 3 rings (SSSR count). The molecule has 0 saturated heterocycles. The van der Waals surface area contributed by atoms with Crippen molar-refractivity contribution in [1.29, 1.82) is 0 Å². The van der Waals surface area contributed by atoms with E-state index in [1.807, 2.05) is 30.3 Å². The van der Waals surface area contributed by atoms with Gasteiger partial charge in [0.25, 0.3) is 11.8 Å². The highest BCUT2D eigenvalue weighted by Gasteiger charge is 2.09. The van der Waals surface area contributed by atoms with E-state index in [-0.39, 0.29) is 11.8 Å². The highest BCUT2D eigenvalue weighted by Crippen LogP contribution is 2.16. The van der Waals surface area contributed by atoms with Crippen LogP contribution in [-0.2, 0) is 0 Å². The van der Waals surface area contributed by atoms with Crippen molar-refractivity contribution in [2.45, 2.75) is 19.8 Å². The number of amides is 2. The van der Waals surface area contributed by atoms with Crippen LogP contribution in [0.25, 0.3) is 0 Å². The van der Waals surface area contributed by atoms with Crippen molar-refractivity contribution in [2.75, 3.05) is 25.1 Å². The van der Waals surface area contributed by atoms with Crippen molar-refractivity contribution in [2.24, 2.45) is 0 Å². The van der Waals surface area contributed by atoms with Crippen molar-refractivity contribution in [3.05, 3.63) is 90.0 Å². The summed E-state index contributed by atoms with van der Waals surface area (Å²) in [6.45, 7) is 3.53. The van der Waals surface area contributed by atoms with E-state index in [2.05, 4.69) is 17.6 Å². The SMILES string of the molecule is CCCCNC(=O)c1cccc(NC(=O)c2ccc(OCCOc3ccccc3)cc2)c1. The fourth-order valence-corrected chi connectivity index (χ4v) is 2.96. The van der Waals surface area contributed by atoms with Crippen molar-refractivity contribution < 1.29 is 19.1 Å². The quantitative estimate of drug-likeness (QED) is 0.422. The van der Waals surface area contributed by atoms with Crippen LogP contribution in [0.2, 0.25) is 0 Å². The van der Waals surface area contributed by atoms with Crippen LogP contribution >= 0.6 is 0 Å². The van der Waals surface area contributed by atoms with Gasteiger partial charge in [-0.15, -0.1) is 0 Å². The van der Waals surface area contributed by atoms with Gasteiger partial charge in [0.05, 0.1) is 0 Å². The van der Waals surface area contributed by atoms with Gasteiger partial charge in [-0.05, 0) is 61.0 Å². The Morgan fingerprint density at radius 3 is 2.12 bits per heavy atom. The molecule has 0 fully saturated rings. The summed E-state index contributed by atoms with van der Waals surface area (Å²) in [4.78, 5) is 24.8. The molecule has 0 radical (unpaired) electrons. The van der Waals surface area contributed by atoms with E-state index in [4.69, 9.17) is 9.47 Å². The number of benzene rings is 3. The average Bonchev–Trinajstić information content (AvgIpc) is 2.83. The van der Waals surface area contributed by atoms with Crippen molar-refractivity contribution in [3.8, 4) is 11.5 Å². The van der Waals surface area contributed by atoms with Gasteiger partial charge in [-0.25, -0.2) is 0 Å². The Hall–Kier alpha value is -3.80. The number of carbonyl (C=O) groups is 2. The van der Waals surface area contributed by atoms with E-state index >= 15 is 0 Å². The summed E-state index contributed by atoms with van der Waals surface area (Å²) >= 11 is 0. The van der Waals surface area contributed by atoms with E-state index in [1.54, 1.807) is 48.5 Å². The zero-order valence-corrected chi connectivity index (χ0v) is 18.2. The average molecular weight is 433 g/mol. The minimum Gasteiger partial charge on any atom is -0.490 e. The molecule has 2 amide bonds. The standard InChI is InChI=1S/C26H28N2O4/c1-2-3-16-27-25(29)21-8-7-9-22(19-21)28-26(30)20-12-14-24(15-13-20)32-18-17-31-23-10-5-4-6-11-23/h4-15,19H,2-3,16-18H2,1H3,(H,27,29)(H,28,30). The Kier molecular flexibility index (Phi) is 8.69. The molecule has 166 valence electrons. The second-order valence-electron chi connectivity index (χ2n) is 7.18. The highest BCUT2D eigenvalue weighted by atomic mass is 16.5. The van der Waals surface area contributed by atoms with Gasteiger partial charge in [-0.3, -0.25) is 9.59 Å². The summed E-state index contributed by atoms with van der Waals surface area (Å²) in [5, 5.41) is 5.70. The molecular formula is C26H28N2O4. The van der Waals surface area contributed by atoms with Crippen LogP contribution in [0.15, 0.2) is 78.9 Å². The van der Waals surface area contributed by atoms with Crippen LogP contribution in [-0.4, -0.2) is 31.6 Å². The summed E-state index contributed by atoms with van der Waals surface area (Å²) in [5.41, 5.74) is 1.58. The number of nitrogens with one attached hydrogen (secondary N) is 2. The highest BCUT2D eigenvalue weighted by molar-refractivity contribution is 6.05. The monoisotopic (exact) mass is 432 g/mol. The maximum Gasteiger partial charge on any atom is 0.255 e. The molecule has 0 aromatic heterocycles. The second-order valence-corrected chi connectivity index (χ2v) is 7.18. The lowest BCUT2D eigenvalue weighted by Crippen LogP contribution is -2.24. The second kappa shape index (κ2) is 12.2. The third-order valence-corrected chi connectivity index (χ3v) is 4.68. The summed E-state index contributed by atoms with van der Waals surface area (Å²) in [7, 11) is 0. The summed E-state index contributed by atoms with van der Waals surface area (Å²) in [5.74, 6) is 1.05. The number of para-hydroxylation sites is 1. The van der Waals surface area contributed by atoms with Gasteiger partial charge in [-0.2, -0.15) is 0 Å². The van der Waals surface area contributed by atoms with Crippen molar-refractivity contribution in [3.63, 3.8) is 0 Å². The molecule has 6 nitrogen and oxygen atoms in total. The lowest BCUT2D eigenvalue weighted by molar-refractivity contribution is 0.0951. The molecule has 0 heterocycles. The van der Waals surface area contributed by atoms with Crippen LogP contribution in [0, 0.1) is 0 Å². The predicted molar refractivity (Wildman–Crippen MR) is 126 cm³/mol. The Morgan fingerprint density at radius 1 is 0.750 bits per heavy atom. The first-order valence-electron chi connectivity index (χ1n) is 10.8. The van der Waals surface area contributed by atoms with Gasteiger partial charge in [0.15, 0.2) is 0 Å². The molecule has 2 N–H and O–H groups in total. The molecular weight excluding hydrogens is 404 g/mol. The van der Waals surface area contributed by atoms with Gasteiger partial charge in [0.1, 0.15) is 24.7 Å². The third-order valence-electron chi connectivity index (χ3n) is 4.68. The maximum absolute atomic E-state index is 12.6. The van der Waals surface area contributed by atoms with Crippen molar-refractivity contribution in [1.82, 2.24) is 5.32 Å². The van der Waals surface area contributed by atoms with Crippen LogP contribution in [0.1, 0.15) is 40.5 Å². The lowest BCUT2D eigenvalue weighted by atomic mass is 10.1. The number of rotatable bonds is 11. The zero-order valence-electron chi connectivity index (χ0n) is 18.2. The minimum atomic E-state index is -0.257. The van der Waals surface area contributed by atoms with Gasteiger partial charge >= 0.3 is 0 Å². The zero-order chi connectivity index (χ0) is 22.6. The van der Waals surface area contributed by atoms with E-state index in [9.17, 15) is 9.59 Å².